The van der Waals surface area contributed by atoms with Gasteiger partial charge in [0, 0.05) is 44.2 Å². The molecule has 8 unspecified atom stereocenters. The summed E-state index contributed by atoms with van der Waals surface area (Å²) in [5.74, 6) is -4.62. The van der Waals surface area contributed by atoms with Crippen LogP contribution in [0.4, 0.5) is 0 Å². The average molecular weight is 1010 g/mol. The van der Waals surface area contributed by atoms with E-state index < -0.39 is 81.2 Å². The number of hydrogen-bond donors (Lipinski definition) is 6. The lowest BCUT2D eigenvalue weighted by Gasteiger charge is -2.47. The van der Waals surface area contributed by atoms with Crippen LogP contribution in [0.2, 0.25) is 0 Å². The van der Waals surface area contributed by atoms with Gasteiger partial charge in [0.1, 0.15) is 23.7 Å². The first-order chi connectivity index (χ1) is 33.1. The third kappa shape index (κ3) is 18.8. The minimum absolute atomic E-state index is 0.0109. The number of benzene rings is 1. The van der Waals surface area contributed by atoms with Crippen LogP contribution in [-0.4, -0.2) is 119 Å². The lowest BCUT2D eigenvalue weighted by Crippen LogP contribution is -2.57. The van der Waals surface area contributed by atoms with Gasteiger partial charge in [-0.1, -0.05) is 65.0 Å². The van der Waals surface area contributed by atoms with Crippen molar-refractivity contribution in [2.75, 3.05) is 32.4 Å². The number of thioether (sulfide) groups is 1. The molecule has 6 N–H and O–H groups in total. The van der Waals surface area contributed by atoms with Crippen LogP contribution in [0.5, 0.6) is 0 Å². The average Bonchev–Trinajstić information content (AvgIpc) is 3.58. The summed E-state index contributed by atoms with van der Waals surface area (Å²) in [4.78, 5) is 121. The van der Waals surface area contributed by atoms with Crippen LogP contribution in [-0.2, 0) is 49.6 Å². The van der Waals surface area contributed by atoms with E-state index in [0.717, 1.165) is 0 Å². The first-order valence-corrected chi connectivity index (χ1v) is 25.7. The van der Waals surface area contributed by atoms with Crippen LogP contribution in [0.1, 0.15) is 133 Å². The van der Waals surface area contributed by atoms with Crippen molar-refractivity contribution in [1.29, 1.82) is 10.5 Å². The molecule has 1 aromatic carbocycles. The van der Waals surface area contributed by atoms with Crippen LogP contribution >= 0.6 is 11.8 Å². The van der Waals surface area contributed by atoms with Gasteiger partial charge in [-0.3, -0.25) is 48.1 Å². The van der Waals surface area contributed by atoms with Crippen molar-refractivity contribution in [3.63, 3.8) is 0 Å². The fraction of sp³-hybridized carbons (Fsp3) is 0.673. The molecule has 0 aliphatic carbocycles. The van der Waals surface area contributed by atoms with Crippen molar-refractivity contribution < 1.29 is 48.3 Å². The normalized spacial score (nSPS) is 18.3. The van der Waals surface area contributed by atoms with Gasteiger partial charge in [0.2, 0.25) is 41.4 Å². The Balaban J connectivity index is 2.48. The third-order valence-electron chi connectivity index (χ3n) is 13.2. The van der Waals surface area contributed by atoms with Crippen molar-refractivity contribution in [2.24, 2.45) is 33.5 Å². The van der Waals surface area contributed by atoms with Crippen molar-refractivity contribution in [1.82, 2.24) is 31.5 Å². The topological polar surface area (TPSA) is 285 Å². The largest absolute Gasteiger partial charge is 0.392 e. The Morgan fingerprint density at radius 1 is 0.817 bits per heavy atom. The standard InChI is InChI=1S/C52H78N8O10S/c1-33(2)22-39(44(66)55-26-35(5)61)59-45(67)40(23-37-16-13-12-14-17-37)58-42(64)28-57-48(70)52(10,51(9,32-54)25-34(3)4)30-50(8,47(69)56-27-36(6)62)29-49(7,31-53)20-19-38(63)18-15-21-60-43(65)24-41(71-11)46(60)68/h12-14,16-17,33-34,36,39-41,62H,15,18-30H2,1-11H3,(H,55,66)(H,56,69)(H,57,70)(H,58,64)(H,59,67). The van der Waals surface area contributed by atoms with Crippen LogP contribution in [0.15, 0.2) is 30.3 Å². The zero-order valence-electron chi connectivity index (χ0n) is 43.6. The molecule has 19 heteroatoms. The molecule has 8 atom stereocenters. The number of rotatable bonds is 31. The number of amides is 7. The molecule has 0 spiro atoms. The SMILES string of the molecule is CSC1CC(=O)N(CCCC(=O)CCC(C)(C#N)CC(C)(CC(C)(C(=O)NCC(=O)NC(Cc2ccccc2)C(=O)NC(CC(C)C)C(=O)NCC(C)=O)C(C)(C#N)CC(C)C)C(=O)NCC(C)O)C1=O. The zero-order chi connectivity index (χ0) is 53.9. The van der Waals surface area contributed by atoms with Gasteiger partial charge in [0.25, 0.3) is 0 Å². The number of imide groups is 1. The van der Waals surface area contributed by atoms with Gasteiger partial charge in [-0.05, 0) is 96.8 Å². The Labute approximate surface area is 424 Å². The number of nitriles is 2. The molecule has 18 nitrogen and oxygen atoms in total. The van der Waals surface area contributed by atoms with E-state index >= 15 is 0 Å². The van der Waals surface area contributed by atoms with Crippen LogP contribution in [0.25, 0.3) is 0 Å². The van der Waals surface area contributed by atoms with E-state index in [1.807, 2.05) is 27.7 Å². The summed E-state index contributed by atoms with van der Waals surface area (Å²) in [6.07, 6.45) is 1.08. The molecule has 71 heavy (non-hydrogen) atoms. The Kier molecular flexibility index (Phi) is 24.1. The number of aliphatic hydroxyl groups is 1. The fourth-order valence-electron chi connectivity index (χ4n) is 9.26. The first kappa shape index (κ1) is 61.5. The van der Waals surface area contributed by atoms with Crippen molar-refractivity contribution in [3.05, 3.63) is 35.9 Å². The predicted octanol–water partition coefficient (Wildman–Crippen LogP) is 4.08. The summed E-state index contributed by atoms with van der Waals surface area (Å²) in [5.41, 5.74) is -5.48. The molecule has 0 radical (unpaired) electrons. The van der Waals surface area contributed by atoms with Crippen LogP contribution < -0.4 is 26.6 Å². The van der Waals surface area contributed by atoms with Crippen molar-refractivity contribution in [2.45, 2.75) is 157 Å². The first-order valence-electron chi connectivity index (χ1n) is 24.4. The molecule has 392 valence electrons. The molecule has 1 fully saturated rings. The molecule has 0 bridgehead atoms. The van der Waals surface area contributed by atoms with Crippen molar-refractivity contribution in [3.8, 4) is 12.1 Å². The summed E-state index contributed by atoms with van der Waals surface area (Å²) in [6.45, 7) is 15.6. The number of ketones is 2. The van der Waals surface area contributed by atoms with E-state index in [9.17, 15) is 58.8 Å². The summed E-state index contributed by atoms with van der Waals surface area (Å²) >= 11 is 1.30. The van der Waals surface area contributed by atoms with Gasteiger partial charge < -0.3 is 31.7 Å². The molecule has 1 aliphatic rings. The van der Waals surface area contributed by atoms with Crippen LogP contribution in [0.3, 0.4) is 0 Å². The van der Waals surface area contributed by atoms with Crippen LogP contribution in [0, 0.1) is 56.2 Å². The molecule has 0 aromatic heterocycles. The second-order valence-electron chi connectivity index (χ2n) is 21.1. The number of nitrogens with one attached hydrogen (secondary N) is 5. The highest BCUT2D eigenvalue weighted by atomic mass is 32.2. The Morgan fingerprint density at radius 3 is 2.00 bits per heavy atom. The van der Waals surface area contributed by atoms with E-state index in [-0.39, 0.29) is 119 Å². The molecule has 1 saturated heterocycles. The molecule has 7 amide bonds. The summed E-state index contributed by atoms with van der Waals surface area (Å²) in [5, 5.41) is 44.7. The smallest absolute Gasteiger partial charge is 0.243 e. The number of hydrogen-bond acceptors (Lipinski definition) is 13. The van der Waals surface area contributed by atoms with Gasteiger partial charge in [-0.15, -0.1) is 0 Å². The van der Waals surface area contributed by atoms with E-state index in [0.29, 0.717) is 5.56 Å². The van der Waals surface area contributed by atoms with Gasteiger partial charge >= 0.3 is 0 Å². The van der Waals surface area contributed by atoms with E-state index in [2.05, 4.69) is 38.7 Å². The number of likely N-dealkylation sites (tertiary alicyclic amines) is 1. The fourth-order valence-corrected chi connectivity index (χ4v) is 9.89. The lowest BCUT2D eigenvalue weighted by molar-refractivity contribution is -0.146. The van der Waals surface area contributed by atoms with Gasteiger partial charge in [-0.25, -0.2) is 0 Å². The second kappa shape index (κ2) is 27.8. The molecule has 1 aromatic rings. The molecule has 0 saturated carbocycles. The maximum atomic E-state index is 14.9. The maximum Gasteiger partial charge on any atom is 0.243 e. The van der Waals surface area contributed by atoms with E-state index in [1.165, 1.54) is 37.4 Å². The quantitative estimate of drug-likeness (QED) is 0.0573. The third-order valence-corrected chi connectivity index (χ3v) is 14.1. The number of carbonyl (C=O) groups is 9. The highest BCUT2D eigenvalue weighted by Crippen LogP contribution is 2.53. The highest BCUT2D eigenvalue weighted by Gasteiger charge is 2.56. The van der Waals surface area contributed by atoms with E-state index in [1.54, 1.807) is 57.4 Å². The molecular weight excluding hydrogens is 929 g/mol. The maximum absolute atomic E-state index is 14.9. The molecule has 2 rings (SSSR count). The Morgan fingerprint density at radius 2 is 1.46 bits per heavy atom. The van der Waals surface area contributed by atoms with Crippen molar-refractivity contribution >= 4 is 64.7 Å². The Hall–Kier alpha value is -5.66. The van der Waals surface area contributed by atoms with Gasteiger partial charge in [0.05, 0.1) is 52.8 Å². The number of Topliss-reactive ketones (excluding diaryl/α,β-unsaturated/α-hetero) is 2. The highest BCUT2D eigenvalue weighted by molar-refractivity contribution is 8.00. The van der Waals surface area contributed by atoms with Gasteiger partial charge in [-0.2, -0.15) is 22.3 Å². The number of aliphatic hydroxyl groups excluding tert-OH is 1. The molecule has 1 heterocycles. The summed E-state index contributed by atoms with van der Waals surface area (Å²) < 4.78 is 0. The second-order valence-corrected chi connectivity index (χ2v) is 22.1. The summed E-state index contributed by atoms with van der Waals surface area (Å²) in [6, 6.07) is 11.2. The minimum atomic E-state index is -1.74. The van der Waals surface area contributed by atoms with Gasteiger partial charge in [0.15, 0.2) is 0 Å². The predicted molar refractivity (Wildman–Crippen MR) is 269 cm³/mol. The monoisotopic (exact) mass is 1010 g/mol. The number of carbonyl (C=O) groups excluding carboxylic acids is 9. The lowest BCUT2D eigenvalue weighted by atomic mass is 9.54. The Bertz CT molecular complexity index is 2160. The number of nitrogens with zero attached hydrogens (tertiary/aromatic N) is 3. The molecule has 1 aliphatic heterocycles. The minimum Gasteiger partial charge on any atom is -0.392 e. The van der Waals surface area contributed by atoms with E-state index in [4.69, 9.17) is 0 Å². The molecular formula is C52H78N8O10S. The zero-order valence-corrected chi connectivity index (χ0v) is 44.4. The summed E-state index contributed by atoms with van der Waals surface area (Å²) in [7, 11) is 0.